The number of aryl methyl sites for hydroxylation is 1. The molecule has 1 saturated heterocycles. The van der Waals surface area contributed by atoms with Gasteiger partial charge in [-0.05, 0) is 37.1 Å². The molecular formula is C16H23N3O. The second-order valence-corrected chi connectivity index (χ2v) is 5.42. The first kappa shape index (κ1) is 13.5. The number of piperazine rings is 1. The molecule has 4 nitrogen and oxygen atoms in total. The number of aromatic nitrogens is 1. The van der Waals surface area contributed by atoms with Crippen molar-refractivity contribution in [1.29, 1.82) is 0 Å². The summed E-state index contributed by atoms with van der Waals surface area (Å²) >= 11 is 0. The topological polar surface area (TPSA) is 40.3 Å². The predicted molar refractivity (Wildman–Crippen MR) is 82.5 cm³/mol. The minimum Gasteiger partial charge on any atom is -0.497 e. The first-order valence-corrected chi connectivity index (χ1v) is 7.44. The first-order valence-electron chi connectivity index (χ1n) is 7.44. The molecule has 108 valence electrons. The lowest BCUT2D eigenvalue weighted by Crippen LogP contribution is -2.43. The Labute approximate surface area is 120 Å². The van der Waals surface area contributed by atoms with Gasteiger partial charge in [-0.25, -0.2) is 0 Å². The van der Waals surface area contributed by atoms with Crippen molar-refractivity contribution in [1.82, 2.24) is 15.2 Å². The summed E-state index contributed by atoms with van der Waals surface area (Å²) in [6.07, 6.45) is 4.50. The molecule has 0 bridgehead atoms. The summed E-state index contributed by atoms with van der Waals surface area (Å²) in [7, 11) is 1.71. The van der Waals surface area contributed by atoms with Crippen LogP contribution in [0.15, 0.2) is 24.4 Å². The second kappa shape index (κ2) is 6.29. The van der Waals surface area contributed by atoms with E-state index in [4.69, 9.17) is 4.74 Å². The van der Waals surface area contributed by atoms with Crippen LogP contribution in [0.25, 0.3) is 10.9 Å². The number of rotatable bonds is 5. The third-order valence-corrected chi connectivity index (χ3v) is 4.10. The lowest BCUT2D eigenvalue weighted by Gasteiger charge is -2.26. The van der Waals surface area contributed by atoms with E-state index in [-0.39, 0.29) is 0 Å². The van der Waals surface area contributed by atoms with Crippen molar-refractivity contribution in [2.45, 2.75) is 12.8 Å². The summed E-state index contributed by atoms with van der Waals surface area (Å²) in [4.78, 5) is 5.90. The largest absolute Gasteiger partial charge is 0.497 e. The highest BCUT2D eigenvalue weighted by atomic mass is 16.5. The summed E-state index contributed by atoms with van der Waals surface area (Å²) in [6, 6.07) is 6.26. The molecule has 0 amide bonds. The second-order valence-electron chi connectivity index (χ2n) is 5.42. The Morgan fingerprint density at radius 3 is 2.90 bits per heavy atom. The van der Waals surface area contributed by atoms with E-state index >= 15 is 0 Å². The van der Waals surface area contributed by atoms with Gasteiger partial charge < -0.3 is 19.9 Å². The van der Waals surface area contributed by atoms with E-state index in [0.717, 1.165) is 25.3 Å². The van der Waals surface area contributed by atoms with Gasteiger partial charge in [0, 0.05) is 49.3 Å². The van der Waals surface area contributed by atoms with Gasteiger partial charge in [0.1, 0.15) is 5.75 Å². The zero-order valence-corrected chi connectivity index (χ0v) is 12.1. The van der Waals surface area contributed by atoms with Crippen LogP contribution in [0.4, 0.5) is 0 Å². The Kier molecular flexibility index (Phi) is 4.23. The third kappa shape index (κ3) is 2.97. The highest BCUT2D eigenvalue weighted by Gasteiger charge is 2.10. The molecule has 0 radical (unpaired) electrons. The van der Waals surface area contributed by atoms with Crippen molar-refractivity contribution in [3.8, 4) is 5.75 Å². The summed E-state index contributed by atoms with van der Waals surface area (Å²) in [5.74, 6) is 0.909. The van der Waals surface area contributed by atoms with Gasteiger partial charge in [0.2, 0.25) is 0 Å². The highest BCUT2D eigenvalue weighted by Crippen LogP contribution is 2.24. The standard InChI is InChI=1S/C16H23N3O/c1-20-14-4-5-15-13(12-18-16(15)11-14)3-2-8-19-9-6-17-7-10-19/h4-5,11-12,17-18H,2-3,6-10H2,1H3. The molecule has 1 aromatic heterocycles. The van der Waals surface area contributed by atoms with Crippen molar-refractivity contribution in [2.75, 3.05) is 39.8 Å². The van der Waals surface area contributed by atoms with E-state index in [1.165, 1.54) is 42.5 Å². The Morgan fingerprint density at radius 1 is 1.25 bits per heavy atom. The van der Waals surface area contributed by atoms with Gasteiger partial charge in [-0.2, -0.15) is 0 Å². The highest BCUT2D eigenvalue weighted by molar-refractivity contribution is 5.84. The van der Waals surface area contributed by atoms with Gasteiger partial charge in [0.05, 0.1) is 7.11 Å². The van der Waals surface area contributed by atoms with Gasteiger partial charge in [-0.3, -0.25) is 0 Å². The number of methoxy groups -OCH3 is 1. The minimum atomic E-state index is 0.909. The molecule has 1 aliphatic heterocycles. The predicted octanol–water partition coefficient (Wildman–Crippen LogP) is 2.01. The van der Waals surface area contributed by atoms with Crippen molar-refractivity contribution in [3.05, 3.63) is 30.0 Å². The van der Waals surface area contributed by atoms with Gasteiger partial charge >= 0.3 is 0 Å². The molecule has 3 rings (SSSR count). The third-order valence-electron chi connectivity index (χ3n) is 4.10. The molecule has 1 aromatic carbocycles. The van der Waals surface area contributed by atoms with Crippen molar-refractivity contribution in [2.24, 2.45) is 0 Å². The molecule has 1 aliphatic rings. The van der Waals surface area contributed by atoms with E-state index in [1.807, 2.05) is 6.07 Å². The number of nitrogens with one attached hydrogen (secondary N) is 2. The zero-order chi connectivity index (χ0) is 13.8. The maximum absolute atomic E-state index is 5.26. The van der Waals surface area contributed by atoms with Crippen LogP contribution in [0, 0.1) is 0 Å². The number of hydrogen-bond donors (Lipinski definition) is 2. The molecule has 1 fully saturated rings. The molecule has 20 heavy (non-hydrogen) atoms. The molecule has 2 heterocycles. The number of aromatic amines is 1. The number of ether oxygens (including phenoxy) is 1. The number of benzene rings is 1. The summed E-state index contributed by atoms with van der Waals surface area (Å²) < 4.78 is 5.26. The molecule has 0 aliphatic carbocycles. The van der Waals surface area contributed by atoms with Crippen LogP contribution in [0.5, 0.6) is 5.75 Å². The maximum Gasteiger partial charge on any atom is 0.120 e. The molecule has 0 atom stereocenters. The van der Waals surface area contributed by atoms with Gasteiger partial charge in [-0.1, -0.05) is 0 Å². The van der Waals surface area contributed by atoms with Crippen LogP contribution in [-0.4, -0.2) is 49.7 Å². The van der Waals surface area contributed by atoms with Gasteiger partial charge in [0.25, 0.3) is 0 Å². The van der Waals surface area contributed by atoms with Crippen LogP contribution in [0.1, 0.15) is 12.0 Å². The fourth-order valence-electron chi connectivity index (χ4n) is 2.93. The Bertz CT molecular complexity index is 558. The Hall–Kier alpha value is -1.52. The number of nitrogens with zero attached hydrogens (tertiary/aromatic N) is 1. The van der Waals surface area contributed by atoms with Crippen LogP contribution in [0.2, 0.25) is 0 Å². The monoisotopic (exact) mass is 273 g/mol. The van der Waals surface area contributed by atoms with Crippen molar-refractivity contribution >= 4 is 10.9 Å². The summed E-state index contributed by atoms with van der Waals surface area (Å²) in [5.41, 5.74) is 2.58. The van der Waals surface area contributed by atoms with Gasteiger partial charge in [-0.15, -0.1) is 0 Å². The van der Waals surface area contributed by atoms with Crippen LogP contribution in [-0.2, 0) is 6.42 Å². The molecule has 2 aromatic rings. The number of H-pyrrole nitrogens is 1. The summed E-state index contributed by atoms with van der Waals surface area (Å²) in [6.45, 7) is 5.83. The van der Waals surface area contributed by atoms with E-state index in [1.54, 1.807) is 7.11 Å². The Balaban J connectivity index is 1.59. The number of hydrogen-bond acceptors (Lipinski definition) is 3. The molecule has 4 heteroatoms. The van der Waals surface area contributed by atoms with Crippen molar-refractivity contribution < 1.29 is 4.74 Å². The molecule has 0 spiro atoms. The lowest BCUT2D eigenvalue weighted by atomic mass is 10.1. The van der Waals surface area contributed by atoms with Crippen LogP contribution in [0.3, 0.4) is 0 Å². The first-order chi connectivity index (χ1) is 9.86. The minimum absolute atomic E-state index is 0.909. The van der Waals surface area contributed by atoms with Crippen molar-refractivity contribution in [3.63, 3.8) is 0 Å². The molecule has 0 saturated carbocycles. The summed E-state index contributed by atoms with van der Waals surface area (Å²) in [5, 5.41) is 4.72. The van der Waals surface area contributed by atoms with Crippen LogP contribution < -0.4 is 10.1 Å². The smallest absolute Gasteiger partial charge is 0.120 e. The fourth-order valence-corrected chi connectivity index (χ4v) is 2.93. The fraction of sp³-hybridized carbons (Fsp3) is 0.500. The molecule has 0 unspecified atom stereocenters. The van der Waals surface area contributed by atoms with E-state index < -0.39 is 0 Å². The van der Waals surface area contributed by atoms with Crippen LogP contribution >= 0.6 is 0 Å². The lowest BCUT2D eigenvalue weighted by molar-refractivity contribution is 0.238. The Morgan fingerprint density at radius 2 is 2.10 bits per heavy atom. The number of fused-ring (bicyclic) bond motifs is 1. The van der Waals surface area contributed by atoms with E-state index in [2.05, 4.69) is 33.5 Å². The average Bonchev–Trinajstić information content (AvgIpc) is 2.91. The molecular weight excluding hydrogens is 250 g/mol. The van der Waals surface area contributed by atoms with E-state index in [9.17, 15) is 0 Å². The van der Waals surface area contributed by atoms with E-state index in [0.29, 0.717) is 0 Å². The quantitative estimate of drug-likeness (QED) is 0.875. The molecule has 2 N–H and O–H groups in total. The zero-order valence-electron chi connectivity index (χ0n) is 12.1. The SMILES string of the molecule is COc1ccc2c(CCCN3CCNCC3)c[nH]c2c1. The average molecular weight is 273 g/mol. The maximum atomic E-state index is 5.26. The van der Waals surface area contributed by atoms with Gasteiger partial charge in [0.15, 0.2) is 0 Å². The normalized spacial score (nSPS) is 16.6.